The van der Waals surface area contributed by atoms with Gasteiger partial charge >= 0.3 is 5.97 Å². The van der Waals surface area contributed by atoms with Crippen molar-refractivity contribution >= 4 is 11.9 Å². The molecule has 0 aliphatic heterocycles. The molecule has 0 spiro atoms. The fourth-order valence-electron chi connectivity index (χ4n) is 2.93. The summed E-state index contributed by atoms with van der Waals surface area (Å²) in [5.74, 6) is -0.982. The highest BCUT2D eigenvalue weighted by atomic mass is 16.4. The van der Waals surface area contributed by atoms with E-state index in [2.05, 4.69) is 20.7 Å². The molecule has 24 heavy (non-hydrogen) atoms. The number of amides is 1. The van der Waals surface area contributed by atoms with Crippen molar-refractivity contribution in [3.63, 3.8) is 0 Å². The van der Waals surface area contributed by atoms with Gasteiger partial charge in [-0.1, -0.05) is 42.7 Å². The van der Waals surface area contributed by atoms with Crippen LogP contribution in [-0.2, 0) is 16.1 Å². The topological polar surface area (TPSA) is 110 Å². The van der Waals surface area contributed by atoms with Crippen LogP contribution in [0.15, 0.2) is 24.3 Å². The van der Waals surface area contributed by atoms with Crippen LogP contribution >= 0.6 is 0 Å². The number of rotatable bonds is 5. The third-order valence-corrected chi connectivity index (χ3v) is 4.29. The number of carbonyl (C=O) groups excluding carboxylic acids is 1. The fraction of sp³-hybridized carbons (Fsp3) is 0.438. The normalized spacial score (nSPS) is 16.0. The number of carboxylic acid groups (broad SMARTS) is 1. The van der Waals surface area contributed by atoms with E-state index in [1.54, 1.807) is 0 Å². The Balaban J connectivity index is 1.67. The van der Waals surface area contributed by atoms with Crippen LogP contribution in [-0.4, -0.2) is 42.7 Å². The molecule has 1 heterocycles. The molecule has 1 aliphatic carbocycles. The monoisotopic (exact) mass is 329 g/mol. The Labute approximate surface area is 138 Å². The van der Waals surface area contributed by atoms with E-state index in [0.717, 1.165) is 24.0 Å². The van der Waals surface area contributed by atoms with Crippen LogP contribution in [0.3, 0.4) is 0 Å². The minimum absolute atomic E-state index is 0.159. The average molecular weight is 329 g/mol. The molecule has 3 rings (SSSR count). The summed E-state index contributed by atoms with van der Waals surface area (Å²) in [7, 11) is 0. The second kappa shape index (κ2) is 6.38. The van der Waals surface area contributed by atoms with Crippen molar-refractivity contribution in [1.82, 2.24) is 25.5 Å². The van der Waals surface area contributed by atoms with E-state index in [1.807, 2.05) is 31.2 Å². The van der Waals surface area contributed by atoms with Crippen LogP contribution < -0.4 is 5.32 Å². The van der Waals surface area contributed by atoms with Gasteiger partial charge in [0, 0.05) is 5.56 Å². The molecular weight excluding hydrogens is 310 g/mol. The lowest BCUT2D eigenvalue weighted by molar-refractivity contribution is -0.147. The number of aryl methyl sites for hydroxylation is 1. The summed E-state index contributed by atoms with van der Waals surface area (Å²) < 4.78 is 0. The number of carboxylic acids is 1. The van der Waals surface area contributed by atoms with E-state index in [4.69, 9.17) is 0 Å². The second-order valence-corrected chi connectivity index (χ2v) is 6.15. The van der Waals surface area contributed by atoms with E-state index >= 15 is 0 Å². The smallest absolute Gasteiger partial charge is 0.329 e. The van der Waals surface area contributed by atoms with Gasteiger partial charge in [0.15, 0.2) is 0 Å². The number of aromatic nitrogens is 4. The lowest BCUT2D eigenvalue weighted by Gasteiger charge is -2.25. The predicted molar refractivity (Wildman–Crippen MR) is 85.0 cm³/mol. The molecule has 2 aromatic rings. The Morgan fingerprint density at radius 2 is 1.92 bits per heavy atom. The Hall–Kier alpha value is -2.77. The van der Waals surface area contributed by atoms with Gasteiger partial charge < -0.3 is 10.4 Å². The number of aliphatic carboxylic acids is 1. The Morgan fingerprint density at radius 3 is 2.54 bits per heavy atom. The van der Waals surface area contributed by atoms with Crippen molar-refractivity contribution in [3.8, 4) is 11.4 Å². The van der Waals surface area contributed by atoms with E-state index in [9.17, 15) is 14.7 Å². The van der Waals surface area contributed by atoms with Crippen molar-refractivity contribution in [2.45, 2.75) is 44.7 Å². The molecule has 0 atom stereocenters. The molecule has 0 radical (unpaired) electrons. The van der Waals surface area contributed by atoms with Crippen LogP contribution in [0.5, 0.6) is 0 Å². The molecule has 1 saturated carbocycles. The summed E-state index contributed by atoms with van der Waals surface area (Å²) in [6.45, 7) is 1.83. The number of carbonyl (C=O) groups is 2. The number of nitrogens with one attached hydrogen (secondary N) is 1. The first-order valence-corrected chi connectivity index (χ1v) is 7.88. The van der Waals surface area contributed by atoms with Gasteiger partial charge in [-0.3, -0.25) is 4.79 Å². The summed E-state index contributed by atoms with van der Waals surface area (Å²) in [6, 6.07) is 7.66. The van der Waals surface area contributed by atoms with Gasteiger partial charge in [0.2, 0.25) is 11.7 Å². The molecule has 1 aromatic heterocycles. The lowest BCUT2D eigenvalue weighted by atomic mass is 9.98. The Bertz CT molecular complexity index is 747. The average Bonchev–Trinajstić information content (AvgIpc) is 3.18. The maximum atomic E-state index is 12.2. The van der Waals surface area contributed by atoms with Crippen LogP contribution in [0.1, 0.15) is 31.2 Å². The van der Waals surface area contributed by atoms with Gasteiger partial charge in [-0.15, -0.1) is 10.2 Å². The highest BCUT2D eigenvalue weighted by Gasteiger charge is 2.42. The zero-order chi connectivity index (χ0) is 17.2. The first-order chi connectivity index (χ1) is 11.5. The number of hydrogen-bond acceptors (Lipinski definition) is 5. The number of benzene rings is 1. The van der Waals surface area contributed by atoms with Crippen LogP contribution in [0, 0.1) is 6.92 Å². The van der Waals surface area contributed by atoms with E-state index in [1.165, 1.54) is 4.80 Å². The standard InChI is InChI=1S/C16H19N5O3/c1-11-4-6-12(7-5-11)14-18-20-21(19-14)10-13(22)17-16(15(23)24)8-2-3-9-16/h4-7H,2-3,8-10H2,1H3,(H,17,22)(H,23,24). The zero-order valence-electron chi connectivity index (χ0n) is 13.4. The van der Waals surface area contributed by atoms with Crippen molar-refractivity contribution < 1.29 is 14.7 Å². The van der Waals surface area contributed by atoms with Gasteiger partial charge in [-0.05, 0) is 25.0 Å². The Morgan fingerprint density at radius 1 is 1.25 bits per heavy atom. The van der Waals surface area contributed by atoms with Crippen LogP contribution in [0.4, 0.5) is 0 Å². The first kappa shape index (κ1) is 16.1. The summed E-state index contributed by atoms with van der Waals surface area (Å²) in [6.07, 6.45) is 2.50. The zero-order valence-corrected chi connectivity index (χ0v) is 13.4. The van der Waals surface area contributed by atoms with E-state index in [0.29, 0.717) is 18.7 Å². The summed E-state index contributed by atoms with van der Waals surface area (Å²) in [4.78, 5) is 24.8. The molecular formula is C16H19N5O3. The number of tetrazole rings is 1. The molecule has 1 fully saturated rings. The summed E-state index contributed by atoms with van der Waals surface area (Å²) in [5.41, 5.74) is 0.781. The van der Waals surface area contributed by atoms with E-state index in [-0.39, 0.29) is 6.54 Å². The van der Waals surface area contributed by atoms with Gasteiger partial charge in [0.1, 0.15) is 12.1 Å². The largest absolute Gasteiger partial charge is 0.480 e. The van der Waals surface area contributed by atoms with Crippen LogP contribution in [0.25, 0.3) is 11.4 Å². The quantitative estimate of drug-likeness (QED) is 0.852. The molecule has 0 unspecified atom stereocenters. The number of nitrogens with zero attached hydrogens (tertiary/aromatic N) is 4. The SMILES string of the molecule is Cc1ccc(-c2nnn(CC(=O)NC3(C(=O)O)CCCC3)n2)cc1. The molecule has 0 bridgehead atoms. The molecule has 1 aromatic carbocycles. The maximum Gasteiger partial charge on any atom is 0.329 e. The highest BCUT2D eigenvalue weighted by molar-refractivity contribution is 5.87. The molecule has 8 nitrogen and oxygen atoms in total. The molecule has 2 N–H and O–H groups in total. The van der Waals surface area contributed by atoms with Gasteiger partial charge in [0.05, 0.1) is 0 Å². The van der Waals surface area contributed by atoms with Gasteiger partial charge in [0.25, 0.3) is 0 Å². The third kappa shape index (κ3) is 3.27. The van der Waals surface area contributed by atoms with Gasteiger partial charge in [-0.25, -0.2) is 4.79 Å². The number of hydrogen-bond donors (Lipinski definition) is 2. The van der Waals surface area contributed by atoms with Crippen molar-refractivity contribution in [2.24, 2.45) is 0 Å². The second-order valence-electron chi connectivity index (χ2n) is 6.15. The van der Waals surface area contributed by atoms with Crippen molar-refractivity contribution in [1.29, 1.82) is 0 Å². The third-order valence-electron chi connectivity index (χ3n) is 4.29. The van der Waals surface area contributed by atoms with Crippen molar-refractivity contribution in [3.05, 3.63) is 29.8 Å². The Kier molecular flexibility index (Phi) is 4.28. The lowest BCUT2D eigenvalue weighted by Crippen LogP contribution is -2.53. The summed E-state index contributed by atoms with van der Waals surface area (Å²) in [5, 5.41) is 24.0. The van der Waals surface area contributed by atoms with E-state index < -0.39 is 17.4 Å². The molecule has 1 amide bonds. The molecule has 8 heteroatoms. The molecule has 126 valence electrons. The highest BCUT2D eigenvalue weighted by Crippen LogP contribution is 2.29. The summed E-state index contributed by atoms with van der Waals surface area (Å²) >= 11 is 0. The van der Waals surface area contributed by atoms with Gasteiger partial charge in [-0.2, -0.15) is 4.80 Å². The van der Waals surface area contributed by atoms with Crippen LogP contribution in [0.2, 0.25) is 0 Å². The molecule has 0 saturated heterocycles. The first-order valence-electron chi connectivity index (χ1n) is 7.88. The minimum atomic E-state index is -1.16. The molecule has 1 aliphatic rings. The maximum absolute atomic E-state index is 12.2. The fourth-order valence-corrected chi connectivity index (χ4v) is 2.93. The minimum Gasteiger partial charge on any atom is -0.480 e. The van der Waals surface area contributed by atoms with Crippen molar-refractivity contribution in [2.75, 3.05) is 0 Å². The predicted octanol–water partition coefficient (Wildman–Crippen LogP) is 1.16.